The lowest BCUT2D eigenvalue weighted by atomic mass is 10.0. The molecule has 0 saturated carbocycles. The summed E-state index contributed by atoms with van der Waals surface area (Å²) in [5, 5.41) is 2.31. The van der Waals surface area contributed by atoms with Gasteiger partial charge in [-0.25, -0.2) is 4.79 Å². The number of aryl methyl sites for hydroxylation is 1. The Hall–Kier alpha value is -1.88. The SMILES string of the molecule is CCCc1cc(=O)oc2c3c(c(Cl)cc12)OCN(c1ccc(Cl)c(Cl)c1)C3. The molecule has 3 aromatic rings. The van der Waals surface area contributed by atoms with E-state index in [4.69, 9.17) is 44.0 Å². The van der Waals surface area contributed by atoms with E-state index in [1.54, 1.807) is 12.1 Å². The van der Waals surface area contributed by atoms with E-state index in [-0.39, 0.29) is 5.63 Å². The van der Waals surface area contributed by atoms with Crippen LogP contribution in [0.4, 0.5) is 5.69 Å². The Labute approximate surface area is 171 Å². The fourth-order valence-electron chi connectivity index (χ4n) is 3.38. The quantitative estimate of drug-likeness (QED) is 0.479. The molecule has 0 fully saturated rings. The fourth-order valence-corrected chi connectivity index (χ4v) is 3.95. The van der Waals surface area contributed by atoms with Crippen LogP contribution in [0, 0.1) is 0 Å². The molecule has 4 nitrogen and oxygen atoms in total. The largest absolute Gasteiger partial charge is 0.471 e. The molecule has 1 aliphatic heterocycles. The molecule has 2 heterocycles. The van der Waals surface area contributed by atoms with Crippen LogP contribution in [0.3, 0.4) is 0 Å². The lowest BCUT2D eigenvalue weighted by Crippen LogP contribution is -2.32. The van der Waals surface area contributed by atoms with Gasteiger partial charge in [0.05, 0.1) is 27.2 Å². The highest BCUT2D eigenvalue weighted by Crippen LogP contribution is 2.41. The standard InChI is InChI=1S/C20H16Cl3NO3/c1-2-3-11-6-18(25)27-19-13(11)8-17(23)20-14(19)9-24(10-26-20)12-4-5-15(21)16(22)7-12/h4-8H,2-3,9-10H2,1H3. The number of fused-ring (bicyclic) bond motifs is 3. The van der Waals surface area contributed by atoms with Gasteiger partial charge in [0.1, 0.15) is 11.3 Å². The third-order valence-electron chi connectivity index (χ3n) is 4.62. The molecule has 0 amide bonds. The van der Waals surface area contributed by atoms with Crippen LogP contribution in [-0.2, 0) is 13.0 Å². The molecule has 0 unspecified atom stereocenters. The Bertz CT molecular complexity index is 1090. The van der Waals surface area contributed by atoms with Crippen molar-refractivity contribution in [3.63, 3.8) is 0 Å². The van der Waals surface area contributed by atoms with Crippen LogP contribution in [0.15, 0.2) is 39.5 Å². The van der Waals surface area contributed by atoms with E-state index in [2.05, 4.69) is 6.92 Å². The highest BCUT2D eigenvalue weighted by atomic mass is 35.5. The van der Waals surface area contributed by atoms with Gasteiger partial charge in [-0.2, -0.15) is 0 Å². The van der Waals surface area contributed by atoms with E-state index in [0.29, 0.717) is 39.7 Å². The zero-order valence-electron chi connectivity index (χ0n) is 14.5. The predicted molar refractivity (Wildman–Crippen MR) is 110 cm³/mol. The average Bonchev–Trinajstić information content (AvgIpc) is 2.65. The predicted octanol–water partition coefficient (Wildman–Crippen LogP) is 6.06. The van der Waals surface area contributed by atoms with Crippen LogP contribution in [0.5, 0.6) is 5.75 Å². The van der Waals surface area contributed by atoms with Crippen LogP contribution in [0.2, 0.25) is 15.1 Å². The number of halogens is 3. The normalized spacial score (nSPS) is 13.6. The van der Waals surface area contributed by atoms with Gasteiger partial charge in [0.2, 0.25) is 0 Å². The summed E-state index contributed by atoms with van der Waals surface area (Å²) in [5.41, 5.74) is 2.69. The average molecular weight is 425 g/mol. The summed E-state index contributed by atoms with van der Waals surface area (Å²) in [6, 6.07) is 8.75. The second kappa shape index (κ2) is 7.27. The van der Waals surface area contributed by atoms with E-state index in [1.807, 2.05) is 17.0 Å². The highest BCUT2D eigenvalue weighted by molar-refractivity contribution is 6.42. The second-order valence-corrected chi connectivity index (χ2v) is 7.67. The molecule has 140 valence electrons. The Morgan fingerprint density at radius 2 is 1.89 bits per heavy atom. The fraction of sp³-hybridized carbons (Fsp3) is 0.250. The molecule has 0 radical (unpaired) electrons. The second-order valence-electron chi connectivity index (χ2n) is 6.45. The van der Waals surface area contributed by atoms with Crippen LogP contribution >= 0.6 is 34.8 Å². The number of benzene rings is 2. The van der Waals surface area contributed by atoms with Crippen molar-refractivity contribution in [1.82, 2.24) is 0 Å². The minimum absolute atomic E-state index is 0.301. The maximum atomic E-state index is 12.1. The highest BCUT2D eigenvalue weighted by Gasteiger charge is 2.25. The maximum Gasteiger partial charge on any atom is 0.336 e. The van der Waals surface area contributed by atoms with Crippen LogP contribution in [0.1, 0.15) is 24.5 Å². The molecule has 4 rings (SSSR count). The molecule has 0 atom stereocenters. The topological polar surface area (TPSA) is 42.7 Å². The lowest BCUT2D eigenvalue weighted by molar-refractivity contribution is 0.289. The number of hydrogen-bond donors (Lipinski definition) is 0. The van der Waals surface area contributed by atoms with Gasteiger partial charge in [0.25, 0.3) is 0 Å². The molecule has 7 heteroatoms. The Balaban J connectivity index is 1.86. The summed E-state index contributed by atoms with van der Waals surface area (Å²) in [6.07, 6.45) is 1.69. The first-order chi connectivity index (χ1) is 13.0. The zero-order chi connectivity index (χ0) is 19.1. The smallest absolute Gasteiger partial charge is 0.336 e. The number of rotatable bonds is 3. The molecular formula is C20H16Cl3NO3. The van der Waals surface area contributed by atoms with E-state index in [9.17, 15) is 4.79 Å². The van der Waals surface area contributed by atoms with E-state index in [1.165, 1.54) is 6.07 Å². The van der Waals surface area contributed by atoms with Crippen molar-refractivity contribution in [2.75, 3.05) is 11.6 Å². The Morgan fingerprint density at radius 1 is 1.07 bits per heavy atom. The molecule has 1 aromatic heterocycles. The number of hydrogen-bond acceptors (Lipinski definition) is 4. The van der Waals surface area contributed by atoms with Gasteiger partial charge in [-0.3, -0.25) is 0 Å². The molecule has 0 saturated heterocycles. The van der Waals surface area contributed by atoms with Crippen LogP contribution in [0.25, 0.3) is 11.0 Å². The minimum atomic E-state index is -0.373. The molecule has 2 aromatic carbocycles. The van der Waals surface area contributed by atoms with Gasteiger partial charge in [0, 0.05) is 17.1 Å². The summed E-state index contributed by atoms with van der Waals surface area (Å²) in [4.78, 5) is 14.1. The van der Waals surface area contributed by atoms with Crippen molar-refractivity contribution < 1.29 is 9.15 Å². The van der Waals surface area contributed by atoms with Gasteiger partial charge >= 0.3 is 5.63 Å². The number of anilines is 1. The van der Waals surface area contributed by atoms with Crippen molar-refractivity contribution in [3.05, 3.63) is 66.9 Å². The minimum Gasteiger partial charge on any atom is -0.471 e. The third kappa shape index (κ3) is 3.38. The molecule has 27 heavy (non-hydrogen) atoms. The summed E-state index contributed by atoms with van der Waals surface area (Å²) in [6.45, 7) is 2.84. The molecular weight excluding hydrogens is 409 g/mol. The van der Waals surface area contributed by atoms with Crippen molar-refractivity contribution in [1.29, 1.82) is 0 Å². The van der Waals surface area contributed by atoms with Gasteiger partial charge in [-0.1, -0.05) is 48.1 Å². The number of ether oxygens (including phenoxy) is 1. The Kier molecular flexibility index (Phi) is 4.97. The summed E-state index contributed by atoms with van der Waals surface area (Å²) < 4.78 is 11.5. The third-order valence-corrected chi connectivity index (χ3v) is 5.64. The molecule has 0 N–H and O–H groups in total. The van der Waals surface area contributed by atoms with E-state index < -0.39 is 0 Å². The van der Waals surface area contributed by atoms with Crippen LogP contribution < -0.4 is 15.3 Å². The van der Waals surface area contributed by atoms with E-state index >= 15 is 0 Å². The van der Waals surface area contributed by atoms with Crippen molar-refractivity contribution in [2.45, 2.75) is 26.3 Å². The van der Waals surface area contributed by atoms with Crippen molar-refractivity contribution in [3.8, 4) is 5.75 Å². The lowest BCUT2D eigenvalue weighted by Gasteiger charge is -2.31. The van der Waals surface area contributed by atoms with Crippen molar-refractivity contribution >= 4 is 51.5 Å². The first-order valence-corrected chi connectivity index (χ1v) is 9.72. The van der Waals surface area contributed by atoms with E-state index in [0.717, 1.165) is 35.0 Å². The molecule has 0 bridgehead atoms. The molecule has 0 spiro atoms. The molecule has 1 aliphatic rings. The van der Waals surface area contributed by atoms with Gasteiger partial charge in [-0.05, 0) is 36.2 Å². The van der Waals surface area contributed by atoms with Crippen LogP contribution in [-0.4, -0.2) is 6.73 Å². The summed E-state index contributed by atoms with van der Waals surface area (Å²) in [5.74, 6) is 0.553. The van der Waals surface area contributed by atoms with Crippen molar-refractivity contribution in [2.24, 2.45) is 0 Å². The summed E-state index contributed by atoms with van der Waals surface area (Å²) in [7, 11) is 0. The molecule has 0 aliphatic carbocycles. The first kappa shape index (κ1) is 18.5. The van der Waals surface area contributed by atoms with Gasteiger partial charge in [0.15, 0.2) is 6.73 Å². The zero-order valence-corrected chi connectivity index (χ0v) is 16.8. The summed E-state index contributed by atoms with van der Waals surface area (Å²) >= 11 is 18.6. The van der Waals surface area contributed by atoms with Gasteiger partial charge < -0.3 is 14.1 Å². The number of nitrogens with zero attached hydrogens (tertiary/aromatic N) is 1. The maximum absolute atomic E-state index is 12.1. The monoisotopic (exact) mass is 423 g/mol. The van der Waals surface area contributed by atoms with Gasteiger partial charge in [-0.15, -0.1) is 0 Å². The first-order valence-electron chi connectivity index (χ1n) is 8.59. The Morgan fingerprint density at radius 3 is 2.63 bits per heavy atom.